The normalized spacial score (nSPS) is 21.9. The van der Waals surface area contributed by atoms with Crippen LogP contribution in [0.5, 0.6) is 0 Å². The lowest BCUT2D eigenvalue weighted by Crippen LogP contribution is -2.40. The third-order valence-electron chi connectivity index (χ3n) is 16.1. The largest absolute Gasteiger partial charge is 0.335 e. The van der Waals surface area contributed by atoms with E-state index in [1.54, 1.807) is 0 Å². The molecule has 0 spiro atoms. The first-order valence-electron chi connectivity index (χ1n) is 23.6. The van der Waals surface area contributed by atoms with Crippen LogP contribution in [-0.2, 0) is 0 Å². The Kier molecular flexibility index (Phi) is 8.41. The van der Waals surface area contributed by atoms with Crippen LogP contribution in [0, 0.1) is 0 Å². The van der Waals surface area contributed by atoms with Gasteiger partial charge in [-0.05, 0) is 177 Å². The van der Waals surface area contributed by atoms with Crippen LogP contribution in [0.3, 0.4) is 0 Å². The highest BCUT2D eigenvalue weighted by Crippen LogP contribution is 2.61. The second-order valence-electron chi connectivity index (χ2n) is 19.5. The Hall–Kier alpha value is -6.90. The van der Waals surface area contributed by atoms with Crippen LogP contribution in [-0.4, -0.2) is 11.1 Å². The maximum atomic E-state index is 2.65. The zero-order valence-corrected chi connectivity index (χ0v) is 36.8. The smallest absolute Gasteiger partial charge is 0.0492 e. The molecule has 2 nitrogen and oxygen atoms in total. The fraction of sp³-hybridized carbons (Fsp3) is 0.194. The highest BCUT2D eigenvalue weighted by atomic mass is 15.2. The van der Waals surface area contributed by atoms with Crippen LogP contribution in [0.4, 0.5) is 22.7 Å². The van der Waals surface area contributed by atoms with Gasteiger partial charge in [-0.3, -0.25) is 0 Å². The molecule has 2 aliphatic carbocycles. The lowest BCUT2D eigenvalue weighted by atomic mass is 9.83. The Labute approximate surface area is 377 Å². The first-order valence-corrected chi connectivity index (χ1v) is 23.6. The van der Waals surface area contributed by atoms with Crippen molar-refractivity contribution >= 4 is 44.3 Å². The van der Waals surface area contributed by atoms with Gasteiger partial charge in [0.05, 0.1) is 0 Å². The molecule has 64 heavy (non-hydrogen) atoms. The van der Waals surface area contributed by atoms with Gasteiger partial charge in [-0.15, -0.1) is 0 Å². The number of hydrogen-bond acceptors (Lipinski definition) is 2. The van der Waals surface area contributed by atoms with Crippen molar-refractivity contribution < 1.29 is 0 Å². The average Bonchev–Trinajstić information content (AvgIpc) is 4.06. The minimum atomic E-state index is 0.0912. The van der Waals surface area contributed by atoms with E-state index in [0.29, 0.717) is 11.8 Å². The van der Waals surface area contributed by atoms with Gasteiger partial charge in [0.15, 0.2) is 0 Å². The molecule has 2 heterocycles. The SMILES string of the molecule is CC12CCCC1c1cc(-c3ccc4c(-c5ccccc5)c5cc(-c6ccc7c(c6)C6CCCC6(C)N7c6ccccc6)ccc5c(-c5ccccc5)c4c3)ccc1N2c1ccccc1. The van der Waals surface area contributed by atoms with Crippen LogP contribution < -0.4 is 9.80 Å². The molecule has 9 aromatic rings. The Balaban J connectivity index is 0.996. The van der Waals surface area contributed by atoms with E-state index in [2.05, 4.69) is 218 Å². The molecule has 2 saturated carbocycles. The number of nitrogens with zero attached hydrogens (tertiary/aromatic N) is 2. The van der Waals surface area contributed by atoms with Crippen LogP contribution in [0.1, 0.15) is 75.3 Å². The maximum absolute atomic E-state index is 2.65. The van der Waals surface area contributed by atoms with E-state index in [0.717, 1.165) is 0 Å². The Morgan fingerprint density at radius 2 is 0.719 bits per heavy atom. The summed E-state index contributed by atoms with van der Waals surface area (Å²) in [5.74, 6) is 1.03. The van der Waals surface area contributed by atoms with E-state index >= 15 is 0 Å². The standard InChI is InChI=1S/C62H52N2/c1-61-35-15-25-55(61)53-39-45(29-33-57(53)63(61)47-21-11-5-12-22-47)43-27-31-49-51(37-43)59(41-17-7-3-8-18-41)50-32-28-44(38-52(50)60(49)42-19-9-4-10-20-42)46-30-34-58-54(40-46)56-26-16-36-62(56,2)64(58)48-23-13-6-14-24-48/h3-14,17-24,27-34,37-40,55-56H,15-16,25-26,35-36H2,1-2H3. The van der Waals surface area contributed by atoms with Gasteiger partial charge >= 0.3 is 0 Å². The van der Waals surface area contributed by atoms with Gasteiger partial charge in [0.1, 0.15) is 0 Å². The number of hydrogen-bond donors (Lipinski definition) is 0. The van der Waals surface area contributed by atoms with E-state index in [-0.39, 0.29) is 11.1 Å². The second-order valence-corrected chi connectivity index (χ2v) is 19.5. The summed E-state index contributed by atoms with van der Waals surface area (Å²) >= 11 is 0. The van der Waals surface area contributed by atoms with Crippen molar-refractivity contribution in [3.05, 3.63) is 205 Å². The molecular weight excluding hydrogens is 773 g/mol. The van der Waals surface area contributed by atoms with E-state index < -0.39 is 0 Å². The highest BCUT2D eigenvalue weighted by Gasteiger charge is 2.52. The van der Waals surface area contributed by atoms with Crippen molar-refractivity contribution in [2.24, 2.45) is 0 Å². The molecule has 4 unspecified atom stereocenters. The quantitative estimate of drug-likeness (QED) is 0.154. The molecule has 9 aromatic carbocycles. The number of rotatable bonds is 6. The zero-order valence-electron chi connectivity index (χ0n) is 36.8. The van der Waals surface area contributed by atoms with E-state index in [9.17, 15) is 0 Å². The van der Waals surface area contributed by atoms with Crippen molar-refractivity contribution in [1.82, 2.24) is 0 Å². The third kappa shape index (κ3) is 5.51. The molecule has 4 aliphatic rings. The van der Waals surface area contributed by atoms with E-state index in [1.807, 2.05) is 0 Å². The van der Waals surface area contributed by atoms with Crippen molar-refractivity contribution in [2.45, 2.75) is 75.3 Å². The minimum absolute atomic E-state index is 0.0912. The predicted octanol–water partition coefficient (Wildman–Crippen LogP) is 17.0. The molecule has 0 N–H and O–H groups in total. The topological polar surface area (TPSA) is 6.48 Å². The second kappa shape index (κ2) is 14.3. The van der Waals surface area contributed by atoms with Gasteiger partial charge in [0.25, 0.3) is 0 Å². The van der Waals surface area contributed by atoms with Crippen molar-refractivity contribution in [3.8, 4) is 44.5 Å². The lowest BCUT2D eigenvalue weighted by Gasteiger charge is -2.37. The molecule has 4 atom stereocenters. The fourth-order valence-electron chi connectivity index (χ4n) is 13.2. The Morgan fingerprint density at radius 3 is 1.12 bits per heavy atom. The molecule has 0 bridgehead atoms. The van der Waals surface area contributed by atoms with E-state index in [1.165, 1.54) is 138 Å². The summed E-state index contributed by atoms with van der Waals surface area (Å²) in [4.78, 5) is 5.30. The molecule has 2 aliphatic heterocycles. The number of anilines is 4. The molecule has 13 rings (SSSR count). The maximum Gasteiger partial charge on any atom is 0.0492 e. The van der Waals surface area contributed by atoms with E-state index in [4.69, 9.17) is 0 Å². The molecule has 0 saturated heterocycles. The van der Waals surface area contributed by atoms with Crippen LogP contribution in [0.15, 0.2) is 194 Å². The zero-order chi connectivity index (χ0) is 42.6. The van der Waals surface area contributed by atoms with Gasteiger partial charge in [-0.25, -0.2) is 0 Å². The van der Waals surface area contributed by atoms with Gasteiger partial charge in [-0.2, -0.15) is 0 Å². The van der Waals surface area contributed by atoms with Crippen LogP contribution in [0.2, 0.25) is 0 Å². The number of para-hydroxylation sites is 2. The first kappa shape index (κ1) is 37.6. The molecule has 0 amide bonds. The lowest BCUT2D eigenvalue weighted by molar-refractivity contribution is 0.451. The minimum Gasteiger partial charge on any atom is -0.335 e. The summed E-state index contributed by atoms with van der Waals surface area (Å²) in [5.41, 5.74) is 18.7. The molecular formula is C62H52N2. The van der Waals surface area contributed by atoms with Crippen molar-refractivity contribution in [3.63, 3.8) is 0 Å². The number of benzene rings is 9. The van der Waals surface area contributed by atoms with Gasteiger partial charge < -0.3 is 9.80 Å². The summed E-state index contributed by atoms with van der Waals surface area (Å²) < 4.78 is 0. The summed E-state index contributed by atoms with van der Waals surface area (Å²) in [6.45, 7) is 4.99. The first-order chi connectivity index (χ1) is 31.5. The van der Waals surface area contributed by atoms with Crippen LogP contribution >= 0.6 is 0 Å². The van der Waals surface area contributed by atoms with Crippen molar-refractivity contribution in [1.29, 1.82) is 0 Å². The van der Waals surface area contributed by atoms with Gasteiger partial charge in [0.2, 0.25) is 0 Å². The fourth-order valence-corrected chi connectivity index (χ4v) is 13.2. The third-order valence-corrected chi connectivity index (χ3v) is 16.1. The molecule has 2 fully saturated rings. The summed E-state index contributed by atoms with van der Waals surface area (Å²) in [6.07, 6.45) is 7.42. The molecule has 2 heteroatoms. The van der Waals surface area contributed by atoms with Crippen LogP contribution in [0.25, 0.3) is 66.1 Å². The number of fused-ring (bicyclic) bond motifs is 8. The summed E-state index contributed by atoms with van der Waals surface area (Å²) in [7, 11) is 0. The summed E-state index contributed by atoms with van der Waals surface area (Å²) in [6, 6.07) is 73.5. The Morgan fingerprint density at radius 1 is 0.359 bits per heavy atom. The highest BCUT2D eigenvalue weighted by molar-refractivity contribution is 6.22. The van der Waals surface area contributed by atoms with Gasteiger partial charge in [-0.1, -0.05) is 146 Å². The molecule has 310 valence electrons. The molecule has 0 radical (unpaired) electrons. The Bertz CT molecular complexity index is 3040. The van der Waals surface area contributed by atoms with Crippen molar-refractivity contribution in [2.75, 3.05) is 9.80 Å². The molecule has 0 aromatic heterocycles. The monoisotopic (exact) mass is 824 g/mol. The van der Waals surface area contributed by atoms with Gasteiger partial charge in [0, 0.05) is 45.7 Å². The average molecular weight is 825 g/mol. The predicted molar refractivity (Wildman–Crippen MR) is 270 cm³/mol. The summed E-state index contributed by atoms with van der Waals surface area (Å²) in [5, 5.41) is 5.15.